The summed E-state index contributed by atoms with van der Waals surface area (Å²) in [4.78, 5) is 12.6. The van der Waals surface area contributed by atoms with Gasteiger partial charge >= 0.3 is 0 Å². The van der Waals surface area contributed by atoms with E-state index in [1.807, 2.05) is 60.7 Å². The van der Waals surface area contributed by atoms with Gasteiger partial charge in [0.2, 0.25) is 0 Å². The molecule has 0 heterocycles. The predicted molar refractivity (Wildman–Crippen MR) is 110 cm³/mol. The first-order valence-corrected chi connectivity index (χ1v) is 8.89. The van der Waals surface area contributed by atoms with Gasteiger partial charge in [0.1, 0.15) is 0 Å². The molecule has 0 radical (unpaired) electrons. The first-order valence-electron chi connectivity index (χ1n) is 8.89. The number of hydrogen-bond donors (Lipinski definition) is 1. The molecule has 0 aliphatic rings. The third-order valence-electron chi connectivity index (χ3n) is 4.26. The van der Waals surface area contributed by atoms with Crippen LogP contribution in [0.3, 0.4) is 0 Å². The van der Waals surface area contributed by atoms with E-state index in [2.05, 4.69) is 10.5 Å². The molecule has 0 unspecified atom stereocenters. The van der Waals surface area contributed by atoms with E-state index in [0.29, 0.717) is 23.5 Å². The Balaban J connectivity index is 1.83. The van der Waals surface area contributed by atoms with Crippen LogP contribution < -0.4 is 14.9 Å². The van der Waals surface area contributed by atoms with E-state index in [1.165, 1.54) is 7.11 Å². The van der Waals surface area contributed by atoms with E-state index in [9.17, 15) is 4.79 Å². The highest BCUT2D eigenvalue weighted by atomic mass is 16.5. The second-order valence-corrected chi connectivity index (χ2v) is 6.10. The number of nitrogens with zero attached hydrogens (tertiary/aromatic N) is 1. The number of carbonyl (C=O) groups is 1. The fourth-order valence-electron chi connectivity index (χ4n) is 2.79. The lowest BCUT2D eigenvalue weighted by molar-refractivity contribution is 0.0954. The Morgan fingerprint density at radius 2 is 1.46 bits per heavy atom. The van der Waals surface area contributed by atoms with E-state index < -0.39 is 0 Å². The van der Waals surface area contributed by atoms with E-state index in [0.717, 1.165) is 16.8 Å². The highest BCUT2D eigenvalue weighted by Gasteiger charge is 2.11. The van der Waals surface area contributed by atoms with Gasteiger partial charge in [0.25, 0.3) is 5.91 Å². The van der Waals surface area contributed by atoms with E-state index in [-0.39, 0.29) is 5.91 Å². The lowest BCUT2D eigenvalue weighted by atomic mass is 10.0. The average molecular weight is 374 g/mol. The van der Waals surface area contributed by atoms with E-state index in [4.69, 9.17) is 9.47 Å². The van der Waals surface area contributed by atoms with Crippen molar-refractivity contribution in [3.8, 4) is 11.5 Å². The summed E-state index contributed by atoms with van der Waals surface area (Å²) >= 11 is 0. The second kappa shape index (κ2) is 9.37. The molecule has 3 aromatic carbocycles. The molecule has 0 aromatic heterocycles. The summed E-state index contributed by atoms with van der Waals surface area (Å²) in [5.41, 5.74) is 5.95. The van der Waals surface area contributed by atoms with Crippen LogP contribution in [0.15, 0.2) is 84.0 Å². The molecule has 0 spiro atoms. The molecule has 142 valence electrons. The standard InChI is InChI=1S/C23H22N2O3/c1-27-21-14-13-19(16-22(21)28-2)23(26)25-24-20(18-11-7-4-8-12-18)15-17-9-5-3-6-10-17/h3-14,16H,15H2,1-2H3,(H,25,26). The van der Waals surface area contributed by atoms with Gasteiger partial charge in [0.15, 0.2) is 11.5 Å². The first-order chi connectivity index (χ1) is 13.7. The molecule has 0 aliphatic heterocycles. The third-order valence-corrected chi connectivity index (χ3v) is 4.26. The SMILES string of the molecule is COc1ccc(C(=O)NN=C(Cc2ccccc2)c2ccccc2)cc1OC. The van der Waals surface area contributed by atoms with Crippen molar-refractivity contribution in [3.63, 3.8) is 0 Å². The predicted octanol–water partition coefficient (Wildman–Crippen LogP) is 4.08. The molecule has 0 saturated heterocycles. The molecule has 3 aromatic rings. The largest absolute Gasteiger partial charge is 0.493 e. The molecule has 1 N–H and O–H groups in total. The van der Waals surface area contributed by atoms with Crippen LogP contribution in [0.4, 0.5) is 0 Å². The molecule has 0 fully saturated rings. The second-order valence-electron chi connectivity index (χ2n) is 6.10. The Hall–Kier alpha value is -3.60. The van der Waals surface area contributed by atoms with Crippen molar-refractivity contribution in [1.82, 2.24) is 5.43 Å². The molecule has 1 amide bonds. The Bertz CT molecular complexity index is 954. The highest BCUT2D eigenvalue weighted by molar-refractivity contribution is 6.03. The first kappa shape index (κ1) is 19.2. The molecule has 0 aliphatic carbocycles. The van der Waals surface area contributed by atoms with Crippen molar-refractivity contribution >= 4 is 11.6 Å². The fourth-order valence-corrected chi connectivity index (χ4v) is 2.79. The highest BCUT2D eigenvalue weighted by Crippen LogP contribution is 2.27. The van der Waals surface area contributed by atoms with Gasteiger partial charge in [-0.2, -0.15) is 5.10 Å². The molecule has 28 heavy (non-hydrogen) atoms. The lowest BCUT2D eigenvalue weighted by Crippen LogP contribution is -2.21. The maximum Gasteiger partial charge on any atom is 0.271 e. The lowest BCUT2D eigenvalue weighted by Gasteiger charge is -2.10. The van der Waals surface area contributed by atoms with Crippen LogP contribution in [-0.2, 0) is 6.42 Å². The molecule has 0 bridgehead atoms. The number of nitrogens with one attached hydrogen (secondary N) is 1. The van der Waals surface area contributed by atoms with Crippen LogP contribution >= 0.6 is 0 Å². The number of hydrazone groups is 1. The normalized spacial score (nSPS) is 11.0. The summed E-state index contributed by atoms with van der Waals surface area (Å²) < 4.78 is 10.5. The zero-order valence-corrected chi connectivity index (χ0v) is 15.9. The van der Waals surface area contributed by atoms with Gasteiger partial charge in [0, 0.05) is 12.0 Å². The van der Waals surface area contributed by atoms with Gasteiger partial charge < -0.3 is 9.47 Å². The summed E-state index contributed by atoms with van der Waals surface area (Å²) in [5.74, 6) is 0.741. The molecule has 5 nitrogen and oxygen atoms in total. The Morgan fingerprint density at radius 3 is 2.11 bits per heavy atom. The molecular weight excluding hydrogens is 352 g/mol. The number of amides is 1. The molecule has 0 saturated carbocycles. The number of hydrogen-bond acceptors (Lipinski definition) is 4. The third kappa shape index (κ3) is 4.76. The number of ether oxygens (including phenoxy) is 2. The van der Waals surface area contributed by atoms with Crippen molar-refractivity contribution in [2.24, 2.45) is 5.10 Å². The minimum atomic E-state index is -0.317. The quantitative estimate of drug-likeness (QED) is 0.501. The van der Waals surface area contributed by atoms with Gasteiger partial charge in [0.05, 0.1) is 19.9 Å². The monoisotopic (exact) mass is 374 g/mol. The smallest absolute Gasteiger partial charge is 0.271 e. The average Bonchev–Trinajstić information content (AvgIpc) is 2.77. The number of carbonyl (C=O) groups excluding carboxylic acids is 1. The van der Waals surface area contributed by atoms with Crippen molar-refractivity contribution in [2.45, 2.75) is 6.42 Å². The van der Waals surface area contributed by atoms with Crippen molar-refractivity contribution in [3.05, 3.63) is 95.6 Å². The summed E-state index contributed by atoms with van der Waals surface area (Å²) in [7, 11) is 3.09. The minimum absolute atomic E-state index is 0.317. The maximum atomic E-state index is 12.6. The van der Waals surface area contributed by atoms with E-state index in [1.54, 1.807) is 25.3 Å². The van der Waals surface area contributed by atoms with Crippen molar-refractivity contribution in [2.75, 3.05) is 14.2 Å². The number of benzene rings is 3. The van der Waals surface area contributed by atoms with Gasteiger partial charge in [-0.25, -0.2) is 5.43 Å². The van der Waals surface area contributed by atoms with Crippen molar-refractivity contribution in [1.29, 1.82) is 0 Å². The topological polar surface area (TPSA) is 59.9 Å². The summed E-state index contributed by atoms with van der Waals surface area (Å²) in [6.45, 7) is 0. The van der Waals surface area contributed by atoms with Crippen LogP contribution in [0.2, 0.25) is 0 Å². The van der Waals surface area contributed by atoms with Crippen LogP contribution in [0, 0.1) is 0 Å². The van der Waals surface area contributed by atoms with Gasteiger partial charge in [-0.15, -0.1) is 0 Å². The van der Waals surface area contributed by atoms with Crippen molar-refractivity contribution < 1.29 is 14.3 Å². The minimum Gasteiger partial charge on any atom is -0.493 e. The Morgan fingerprint density at radius 1 is 0.821 bits per heavy atom. The zero-order valence-electron chi connectivity index (χ0n) is 15.9. The summed E-state index contributed by atoms with van der Waals surface area (Å²) in [6.07, 6.45) is 0.608. The summed E-state index contributed by atoms with van der Waals surface area (Å²) in [5, 5.41) is 4.41. The van der Waals surface area contributed by atoms with E-state index >= 15 is 0 Å². The fraction of sp³-hybridized carbons (Fsp3) is 0.130. The maximum absolute atomic E-state index is 12.6. The Kier molecular flexibility index (Phi) is 6.41. The van der Waals surface area contributed by atoms with Crippen LogP contribution in [-0.4, -0.2) is 25.8 Å². The number of methoxy groups -OCH3 is 2. The Labute approximate surface area is 164 Å². The van der Waals surface area contributed by atoms with Crippen LogP contribution in [0.5, 0.6) is 11.5 Å². The van der Waals surface area contributed by atoms with Gasteiger partial charge in [-0.1, -0.05) is 60.7 Å². The van der Waals surface area contributed by atoms with Crippen LogP contribution in [0.25, 0.3) is 0 Å². The number of rotatable bonds is 7. The van der Waals surface area contributed by atoms with Gasteiger partial charge in [-0.3, -0.25) is 4.79 Å². The van der Waals surface area contributed by atoms with Crippen LogP contribution in [0.1, 0.15) is 21.5 Å². The molecule has 5 heteroatoms. The molecule has 3 rings (SSSR count). The molecular formula is C23H22N2O3. The molecule has 0 atom stereocenters. The zero-order chi connectivity index (χ0) is 19.8. The summed E-state index contributed by atoms with van der Waals surface area (Å²) in [6, 6.07) is 24.8. The van der Waals surface area contributed by atoms with Gasteiger partial charge in [-0.05, 0) is 29.3 Å².